The number of rotatable bonds is 3. The Bertz CT molecular complexity index is 350. The molecule has 0 bridgehead atoms. The smallest absolute Gasteiger partial charge is 0.292 e. The van der Waals surface area contributed by atoms with E-state index in [0.29, 0.717) is 5.69 Å². The summed E-state index contributed by atoms with van der Waals surface area (Å²) in [6, 6.07) is 4.00. The van der Waals surface area contributed by atoms with E-state index in [1.165, 1.54) is 18.2 Å². The maximum absolute atomic E-state index is 10.6. The van der Waals surface area contributed by atoms with E-state index in [4.69, 9.17) is 5.11 Å². The minimum absolute atomic E-state index is 0.0127. The summed E-state index contributed by atoms with van der Waals surface area (Å²) in [7, 11) is 0. The molecule has 0 aliphatic heterocycles. The van der Waals surface area contributed by atoms with E-state index in [-0.39, 0.29) is 17.5 Å². The second-order valence-corrected chi connectivity index (χ2v) is 3.26. The van der Waals surface area contributed by atoms with E-state index in [2.05, 4.69) is 5.32 Å². The summed E-state index contributed by atoms with van der Waals surface area (Å²) < 4.78 is 0. The van der Waals surface area contributed by atoms with Crippen LogP contribution in [-0.2, 0) is 0 Å². The molecule has 1 aromatic carbocycles. The molecule has 0 aromatic heterocycles. The topological polar surface area (TPSA) is 75.4 Å². The van der Waals surface area contributed by atoms with Crippen LogP contribution in [0.5, 0.6) is 5.75 Å². The number of hydrogen-bond donors (Lipinski definition) is 2. The predicted molar refractivity (Wildman–Crippen MR) is 53.5 cm³/mol. The molecule has 0 aliphatic carbocycles. The molecule has 0 unspecified atom stereocenters. The maximum atomic E-state index is 10.6. The lowest BCUT2D eigenvalue weighted by Gasteiger charge is -2.10. The van der Waals surface area contributed by atoms with Gasteiger partial charge in [-0.05, 0) is 19.9 Å². The molecule has 0 heterocycles. The number of nitro benzene ring substituents is 1. The van der Waals surface area contributed by atoms with E-state index in [0.717, 1.165) is 0 Å². The third kappa shape index (κ3) is 2.35. The average molecular weight is 196 g/mol. The predicted octanol–water partition coefficient (Wildman–Crippen LogP) is 2.12. The molecule has 76 valence electrons. The van der Waals surface area contributed by atoms with Crippen LogP contribution >= 0.6 is 0 Å². The molecule has 0 amide bonds. The van der Waals surface area contributed by atoms with Gasteiger partial charge in [-0.2, -0.15) is 0 Å². The van der Waals surface area contributed by atoms with Crippen LogP contribution in [-0.4, -0.2) is 16.1 Å². The van der Waals surface area contributed by atoms with Gasteiger partial charge in [0, 0.05) is 18.2 Å². The molecule has 1 rings (SSSR count). The van der Waals surface area contributed by atoms with Gasteiger partial charge < -0.3 is 10.4 Å². The number of nitro groups is 1. The molecule has 5 nitrogen and oxygen atoms in total. The van der Waals surface area contributed by atoms with Gasteiger partial charge in [-0.15, -0.1) is 0 Å². The Balaban J connectivity index is 3.09. The molecular weight excluding hydrogens is 184 g/mol. The van der Waals surface area contributed by atoms with Gasteiger partial charge in [-0.3, -0.25) is 10.1 Å². The van der Waals surface area contributed by atoms with Gasteiger partial charge in [0.1, 0.15) is 11.4 Å². The summed E-state index contributed by atoms with van der Waals surface area (Å²) in [4.78, 5) is 10.1. The normalized spacial score (nSPS) is 10.2. The van der Waals surface area contributed by atoms with Crippen molar-refractivity contribution in [1.82, 2.24) is 0 Å². The lowest BCUT2D eigenvalue weighted by Crippen LogP contribution is -2.11. The van der Waals surface area contributed by atoms with Crippen LogP contribution in [0.4, 0.5) is 11.4 Å². The van der Waals surface area contributed by atoms with Crippen LogP contribution in [0.2, 0.25) is 0 Å². The highest BCUT2D eigenvalue weighted by atomic mass is 16.6. The molecule has 1 aromatic rings. The first-order valence-electron chi connectivity index (χ1n) is 4.24. The van der Waals surface area contributed by atoms with Crippen molar-refractivity contribution in [3.05, 3.63) is 28.3 Å². The largest absolute Gasteiger partial charge is 0.508 e. The third-order valence-electron chi connectivity index (χ3n) is 1.62. The first-order chi connectivity index (χ1) is 6.50. The molecule has 0 saturated carbocycles. The molecule has 2 N–H and O–H groups in total. The lowest BCUT2D eigenvalue weighted by atomic mass is 10.2. The summed E-state index contributed by atoms with van der Waals surface area (Å²) in [5.74, 6) is 0.0127. The van der Waals surface area contributed by atoms with Gasteiger partial charge in [0.25, 0.3) is 5.69 Å². The number of hydrogen-bond acceptors (Lipinski definition) is 4. The van der Waals surface area contributed by atoms with Crippen molar-refractivity contribution in [2.75, 3.05) is 5.32 Å². The van der Waals surface area contributed by atoms with E-state index in [9.17, 15) is 10.1 Å². The average Bonchev–Trinajstić information content (AvgIpc) is 2.01. The summed E-state index contributed by atoms with van der Waals surface area (Å²) in [5.41, 5.74) is 0.307. The molecule has 0 spiro atoms. The minimum atomic E-state index is -0.482. The van der Waals surface area contributed by atoms with Crippen LogP contribution in [0.3, 0.4) is 0 Å². The van der Waals surface area contributed by atoms with E-state index < -0.39 is 4.92 Å². The second-order valence-electron chi connectivity index (χ2n) is 3.26. The zero-order valence-electron chi connectivity index (χ0n) is 8.02. The molecule has 0 fully saturated rings. The molecule has 0 atom stereocenters. The third-order valence-corrected chi connectivity index (χ3v) is 1.62. The Kier molecular flexibility index (Phi) is 2.91. The lowest BCUT2D eigenvalue weighted by molar-refractivity contribution is -0.384. The van der Waals surface area contributed by atoms with Crippen LogP contribution in [0.15, 0.2) is 18.2 Å². The number of benzene rings is 1. The maximum Gasteiger partial charge on any atom is 0.292 e. The van der Waals surface area contributed by atoms with Crippen molar-refractivity contribution in [3.8, 4) is 5.75 Å². The van der Waals surface area contributed by atoms with Gasteiger partial charge in [0.05, 0.1) is 4.92 Å². The van der Waals surface area contributed by atoms with Gasteiger partial charge >= 0.3 is 0 Å². The van der Waals surface area contributed by atoms with Crippen LogP contribution in [0, 0.1) is 10.1 Å². The Morgan fingerprint density at radius 3 is 2.64 bits per heavy atom. The van der Waals surface area contributed by atoms with Crippen molar-refractivity contribution >= 4 is 11.4 Å². The highest BCUT2D eigenvalue weighted by Gasteiger charge is 2.14. The van der Waals surface area contributed by atoms with E-state index in [1.807, 2.05) is 13.8 Å². The van der Waals surface area contributed by atoms with Crippen molar-refractivity contribution in [2.24, 2.45) is 0 Å². The number of phenolic OH excluding ortho intramolecular Hbond substituents is 1. The zero-order chi connectivity index (χ0) is 10.7. The second kappa shape index (κ2) is 3.95. The first-order valence-corrected chi connectivity index (χ1v) is 4.24. The number of nitrogens with zero attached hydrogens (tertiary/aromatic N) is 1. The fourth-order valence-corrected chi connectivity index (χ4v) is 1.11. The van der Waals surface area contributed by atoms with Crippen LogP contribution < -0.4 is 5.32 Å². The van der Waals surface area contributed by atoms with Crippen molar-refractivity contribution in [3.63, 3.8) is 0 Å². The molecule has 0 saturated heterocycles. The standard InChI is InChI=1S/C9H12N2O3/c1-6(2)10-8-5-7(12)3-4-9(8)11(13)14/h3-6,10,12H,1-2H3. The Labute approximate surface area is 81.5 Å². The molecule has 14 heavy (non-hydrogen) atoms. The Hall–Kier alpha value is -1.78. The van der Waals surface area contributed by atoms with Gasteiger partial charge in [-0.25, -0.2) is 0 Å². The van der Waals surface area contributed by atoms with Gasteiger partial charge in [-0.1, -0.05) is 0 Å². The van der Waals surface area contributed by atoms with E-state index >= 15 is 0 Å². The quantitative estimate of drug-likeness (QED) is 0.573. The van der Waals surface area contributed by atoms with Gasteiger partial charge in [0.15, 0.2) is 0 Å². The summed E-state index contributed by atoms with van der Waals surface area (Å²) in [6.45, 7) is 3.74. The number of anilines is 1. The SMILES string of the molecule is CC(C)Nc1cc(O)ccc1[N+](=O)[O-]. The van der Waals surface area contributed by atoms with Gasteiger partial charge in [0.2, 0.25) is 0 Å². The van der Waals surface area contributed by atoms with Crippen molar-refractivity contribution in [1.29, 1.82) is 0 Å². The number of nitrogens with one attached hydrogen (secondary N) is 1. The van der Waals surface area contributed by atoms with Crippen molar-refractivity contribution < 1.29 is 10.0 Å². The van der Waals surface area contributed by atoms with Crippen LogP contribution in [0.1, 0.15) is 13.8 Å². The zero-order valence-corrected chi connectivity index (χ0v) is 8.02. The number of phenols is 1. The summed E-state index contributed by atoms with van der Waals surface area (Å²) >= 11 is 0. The Morgan fingerprint density at radius 1 is 1.50 bits per heavy atom. The number of aromatic hydroxyl groups is 1. The molecule has 5 heteroatoms. The van der Waals surface area contributed by atoms with Crippen LogP contribution in [0.25, 0.3) is 0 Å². The highest BCUT2D eigenvalue weighted by molar-refractivity contribution is 5.64. The van der Waals surface area contributed by atoms with E-state index in [1.54, 1.807) is 0 Å². The summed E-state index contributed by atoms with van der Waals surface area (Å²) in [6.07, 6.45) is 0. The first kappa shape index (κ1) is 10.3. The highest BCUT2D eigenvalue weighted by Crippen LogP contribution is 2.28. The molecular formula is C9H12N2O3. The fourth-order valence-electron chi connectivity index (χ4n) is 1.11. The fraction of sp³-hybridized carbons (Fsp3) is 0.333. The molecule has 0 aliphatic rings. The summed E-state index contributed by atoms with van der Waals surface area (Å²) in [5, 5.41) is 22.7. The molecule has 0 radical (unpaired) electrons. The minimum Gasteiger partial charge on any atom is -0.508 e. The Morgan fingerprint density at radius 2 is 2.14 bits per heavy atom. The monoisotopic (exact) mass is 196 g/mol. The van der Waals surface area contributed by atoms with Crippen molar-refractivity contribution in [2.45, 2.75) is 19.9 Å².